The lowest BCUT2D eigenvalue weighted by atomic mass is 10.0. The van der Waals surface area contributed by atoms with E-state index < -0.39 is 0 Å². The Morgan fingerprint density at radius 2 is 1.72 bits per heavy atom. The summed E-state index contributed by atoms with van der Waals surface area (Å²) in [6.07, 6.45) is 5.57. The number of carbonyl (C=O) groups is 2. The summed E-state index contributed by atoms with van der Waals surface area (Å²) in [4.78, 5) is 28.5. The molecule has 0 atom stereocenters. The van der Waals surface area contributed by atoms with Gasteiger partial charge in [0.25, 0.3) is 0 Å². The minimum Gasteiger partial charge on any atom is -0.495 e. The van der Waals surface area contributed by atoms with Gasteiger partial charge in [-0.25, -0.2) is 4.79 Å². The SMILES string of the molecule is COc1ccccc1NC(=O)N1CCN(C(=O)CC2CCCC2)CC1. The van der Waals surface area contributed by atoms with E-state index in [0.29, 0.717) is 50.0 Å². The molecule has 0 radical (unpaired) electrons. The molecule has 1 aliphatic heterocycles. The van der Waals surface area contributed by atoms with E-state index in [1.165, 1.54) is 25.7 Å². The highest BCUT2D eigenvalue weighted by Gasteiger charge is 2.27. The summed E-state index contributed by atoms with van der Waals surface area (Å²) in [6.45, 7) is 2.37. The number of hydrogen-bond donors (Lipinski definition) is 1. The summed E-state index contributed by atoms with van der Waals surface area (Å²) in [5.74, 6) is 1.46. The second-order valence-electron chi connectivity index (χ2n) is 6.85. The van der Waals surface area contributed by atoms with Crippen molar-refractivity contribution in [2.75, 3.05) is 38.6 Å². The van der Waals surface area contributed by atoms with Gasteiger partial charge in [-0.15, -0.1) is 0 Å². The Bertz CT molecular complexity index is 606. The standard InChI is InChI=1S/C19H27N3O3/c1-25-17-9-5-4-8-16(17)20-19(24)22-12-10-21(11-13-22)18(23)14-15-6-2-3-7-15/h4-5,8-9,15H,2-3,6-7,10-14H2,1H3,(H,20,24). The normalized spacial score (nSPS) is 18.3. The topological polar surface area (TPSA) is 61.9 Å². The number of ether oxygens (including phenoxy) is 1. The number of carbonyl (C=O) groups excluding carboxylic acids is 2. The lowest BCUT2D eigenvalue weighted by Crippen LogP contribution is -2.51. The summed E-state index contributed by atoms with van der Waals surface area (Å²) < 4.78 is 5.26. The van der Waals surface area contributed by atoms with Crippen LogP contribution in [0.4, 0.5) is 10.5 Å². The van der Waals surface area contributed by atoms with Gasteiger partial charge >= 0.3 is 6.03 Å². The number of nitrogens with zero attached hydrogens (tertiary/aromatic N) is 2. The van der Waals surface area contributed by atoms with Crippen LogP contribution in [0.2, 0.25) is 0 Å². The smallest absolute Gasteiger partial charge is 0.322 e. The highest BCUT2D eigenvalue weighted by Crippen LogP contribution is 2.28. The first kappa shape index (κ1) is 17.6. The number of amides is 3. The number of hydrogen-bond acceptors (Lipinski definition) is 3. The fraction of sp³-hybridized carbons (Fsp3) is 0.579. The third kappa shape index (κ3) is 4.44. The molecule has 2 fully saturated rings. The van der Waals surface area contributed by atoms with Crippen molar-refractivity contribution in [3.8, 4) is 5.75 Å². The van der Waals surface area contributed by atoms with Crippen molar-refractivity contribution in [1.29, 1.82) is 0 Å². The summed E-state index contributed by atoms with van der Waals surface area (Å²) in [7, 11) is 1.58. The number of rotatable bonds is 4. The molecular weight excluding hydrogens is 318 g/mol. The molecule has 6 nitrogen and oxygen atoms in total. The van der Waals surface area contributed by atoms with Gasteiger partial charge in [-0.2, -0.15) is 0 Å². The van der Waals surface area contributed by atoms with E-state index in [2.05, 4.69) is 5.32 Å². The minimum atomic E-state index is -0.146. The van der Waals surface area contributed by atoms with Crippen molar-refractivity contribution in [2.45, 2.75) is 32.1 Å². The van der Waals surface area contributed by atoms with Crippen LogP contribution in [0.5, 0.6) is 5.75 Å². The van der Waals surface area contributed by atoms with Crippen LogP contribution in [-0.2, 0) is 4.79 Å². The van der Waals surface area contributed by atoms with Gasteiger partial charge in [-0.3, -0.25) is 4.79 Å². The Balaban J connectivity index is 1.48. The molecule has 25 heavy (non-hydrogen) atoms. The average Bonchev–Trinajstić information content (AvgIpc) is 3.15. The minimum absolute atomic E-state index is 0.146. The van der Waals surface area contributed by atoms with Crippen LogP contribution in [0.1, 0.15) is 32.1 Å². The molecule has 2 aliphatic rings. The molecule has 1 N–H and O–H groups in total. The zero-order chi connectivity index (χ0) is 17.6. The van der Waals surface area contributed by atoms with Gasteiger partial charge in [0.1, 0.15) is 5.75 Å². The van der Waals surface area contributed by atoms with E-state index >= 15 is 0 Å². The molecule has 0 spiro atoms. The number of urea groups is 1. The third-order valence-electron chi connectivity index (χ3n) is 5.21. The van der Waals surface area contributed by atoms with Crippen molar-refractivity contribution in [2.24, 2.45) is 5.92 Å². The van der Waals surface area contributed by atoms with Crippen molar-refractivity contribution < 1.29 is 14.3 Å². The highest BCUT2D eigenvalue weighted by molar-refractivity contribution is 5.91. The van der Waals surface area contributed by atoms with E-state index in [1.54, 1.807) is 12.0 Å². The molecule has 1 heterocycles. The van der Waals surface area contributed by atoms with Crippen LogP contribution in [-0.4, -0.2) is 55.0 Å². The molecule has 1 saturated heterocycles. The van der Waals surface area contributed by atoms with E-state index in [4.69, 9.17) is 4.74 Å². The van der Waals surface area contributed by atoms with Crippen LogP contribution in [0.15, 0.2) is 24.3 Å². The van der Waals surface area contributed by atoms with Crippen molar-refractivity contribution in [1.82, 2.24) is 9.80 Å². The molecule has 136 valence electrons. The van der Waals surface area contributed by atoms with Crippen LogP contribution >= 0.6 is 0 Å². The predicted molar refractivity (Wildman–Crippen MR) is 96.7 cm³/mol. The molecule has 1 aliphatic carbocycles. The van der Waals surface area contributed by atoms with Gasteiger partial charge in [0.05, 0.1) is 12.8 Å². The maximum atomic E-state index is 12.4. The van der Waals surface area contributed by atoms with Crippen molar-refractivity contribution in [3.05, 3.63) is 24.3 Å². The van der Waals surface area contributed by atoms with Gasteiger partial charge < -0.3 is 19.9 Å². The second-order valence-corrected chi connectivity index (χ2v) is 6.85. The molecular formula is C19H27N3O3. The Labute approximate surface area is 149 Å². The van der Waals surface area contributed by atoms with Crippen LogP contribution in [0.25, 0.3) is 0 Å². The predicted octanol–water partition coefficient (Wildman–Crippen LogP) is 2.95. The summed E-state index contributed by atoms with van der Waals surface area (Å²) >= 11 is 0. The molecule has 0 aromatic heterocycles. The molecule has 1 saturated carbocycles. The lowest BCUT2D eigenvalue weighted by Gasteiger charge is -2.35. The van der Waals surface area contributed by atoms with Gasteiger partial charge in [0, 0.05) is 32.6 Å². The summed E-state index contributed by atoms with van der Waals surface area (Å²) in [6, 6.07) is 7.21. The Morgan fingerprint density at radius 3 is 2.40 bits per heavy atom. The van der Waals surface area contributed by atoms with E-state index in [-0.39, 0.29) is 11.9 Å². The number of para-hydroxylation sites is 2. The molecule has 0 unspecified atom stereocenters. The number of benzene rings is 1. The zero-order valence-electron chi connectivity index (χ0n) is 14.9. The van der Waals surface area contributed by atoms with Gasteiger partial charge in [0.15, 0.2) is 0 Å². The molecule has 1 aromatic carbocycles. The summed E-state index contributed by atoms with van der Waals surface area (Å²) in [5, 5.41) is 2.89. The summed E-state index contributed by atoms with van der Waals surface area (Å²) in [5.41, 5.74) is 0.662. The Morgan fingerprint density at radius 1 is 1.08 bits per heavy atom. The third-order valence-corrected chi connectivity index (χ3v) is 5.21. The first-order chi connectivity index (χ1) is 12.2. The number of methoxy groups -OCH3 is 1. The maximum Gasteiger partial charge on any atom is 0.322 e. The van der Waals surface area contributed by atoms with Crippen molar-refractivity contribution >= 4 is 17.6 Å². The van der Waals surface area contributed by atoms with Gasteiger partial charge in [-0.05, 0) is 30.9 Å². The second kappa shape index (κ2) is 8.23. The van der Waals surface area contributed by atoms with Gasteiger partial charge in [-0.1, -0.05) is 25.0 Å². The molecule has 3 rings (SSSR count). The first-order valence-electron chi connectivity index (χ1n) is 9.14. The van der Waals surface area contributed by atoms with Crippen LogP contribution in [0, 0.1) is 5.92 Å². The Hall–Kier alpha value is -2.24. The highest BCUT2D eigenvalue weighted by atomic mass is 16.5. The first-order valence-corrected chi connectivity index (χ1v) is 9.14. The Kier molecular flexibility index (Phi) is 5.79. The van der Waals surface area contributed by atoms with Crippen molar-refractivity contribution in [3.63, 3.8) is 0 Å². The fourth-order valence-electron chi connectivity index (χ4n) is 3.69. The van der Waals surface area contributed by atoms with E-state index in [9.17, 15) is 9.59 Å². The van der Waals surface area contributed by atoms with E-state index in [0.717, 1.165) is 0 Å². The maximum absolute atomic E-state index is 12.4. The fourth-order valence-corrected chi connectivity index (χ4v) is 3.69. The van der Waals surface area contributed by atoms with Gasteiger partial charge in [0.2, 0.25) is 5.91 Å². The monoisotopic (exact) mass is 345 g/mol. The zero-order valence-corrected chi connectivity index (χ0v) is 14.9. The van der Waals surface area contributed by atoms with Crippen LogP contribution < -0.4 is 10.1 Å². The number of anilines is 1. The molecule has 0 bridgehead atoms. The molecule has 6 heteroatoms. The quantitative estimate of drug-likeness (QED) is 0.913. The number of piperazine rings is 1. The number of nitrogens with one attached hydrogen (secondary N) is 1. The van der Waals surface area contributed by atoms with Crippen LogP contribution in [0.3, 0.4) is 0 Å². The largest absolute Gasteiger partial charge is 0.495 e. The van der Waals surface area contributed by atoms with E-state index in [1.807, 2.05) is 29.2 Å². The molecule has 3 amide bonds. The average molecular weight is 345 g/mol. The lowest BCUT2D eigenvalue weighted by molar-refractivity contribution is -0.133. The molecule has 1 aromatic rings.